The Morgan fingerprint density at radius 3 is 2.61 bits per heavy atom. The van der Waals surface area contributed by atoms with Gasteiger partial charge < -0.3 is 10.1 Å². The van der Waals surface area contributed by atoms with Crippen molar-refractivity contribution in [3.05, 3.63) is 58.1 Å². The van der Waals surface area contributed by atoms with Crippen molar-refractivity contribution in [2.45, 2.75) is 25.0 Å². The molecule has 0 saturated heterocycles. The van der Waals surface area contributed by atoms with Gasteiger partial charge in [0.25, 0.3) is 0 Å². The fourth-order valence-corrected chi connectivity index (χ4v) is 4.06. The lowest BCUT2D eigenvalue weighted by Crippen LogP contribution is -2.15. The van der Waals surface area contributed by atoms with E-state index in [1.54, 1.807) is 16.4 Å². The van der Waals surface area contributed by atoms with Crippen molar-refractivity contribution in [1.82, 2.24) is 25.5 Å². The minimum atomic E-state index is 0.530. The van der Waals surface area contributed by atoms with Gasteiger partial charge in [0.2, 0.25) is 5.16 Å². The maximum absolute atomic E-state index is 6.24. The second-order valence-corrected chi connectivity index (χ2v) is 7.79. The molecule has 148 valence electrons. The lowest BCUT2D eigenvalue weighted by Gasteiger charge is -2.11. The number of nitrogens with one attached hydrogen (secondary N) is 1. The summed E-state index contributed by atoms with van der Waals surface area (Å²) in [6.07, 6.45) is 0.977. The van der Waals surface area contributed by atoms with E-state index >= 15 is 0 Å². The Morgan fingerprint density at radius 2 is 1.89 bits per heavy atom. The highest BCUT2D eigenvalue weighted by Gasteiger charge is 2.10. The number of hydrogen-bond acceptors (Lipinski definition) is 6. The van der Waals surface area contributed by atoms with Crippen molar-refractivity contribution in [2.75, 3.05) is 18.9 Å². The number of rotatable bonds is 10. The van der Waals surface area contributed by atoms with Gasteiger partial charge in [-0.3, -0.25) is 0 Å². The number of hydrogen-bond donors (Lipinski definition) is 1. The summed E-state index contributed by atoms with van der Waals surface area (Å²) >= 11 is 14.1. The molecule has 0 fully saturated rings. The van der Waals surface area contributed by atoms with Gasteiger partial charge in [0.1, 0.15) is 0 Å². The molecule has 28 heavy (non-hydrogen) atoms. The van der Waals surface area contributed by atoms with Gasteiger partial charge in [0.05, 0.1) is 22.3 Å². The summed E-state index contributed by atoms with van der Waals surface area (Å²) in [6.45, 7) is 3.99. The Balaban J connectivity index is 1.42. The third-order valence-corrected chi connectivity index (χ3v) is 5.41. The van der Waals surface area contributed by atoms with Gasteiger partial charge in [0, 0.05) is 12.3 Å². The van der Waals surface area contributed by atoms with Gasteiger partial charge in [-0.2, -0.15) is 4.68 Å². The molecular formula is C19H21Cl2N5OS. The highest BCUT2D eigenvalue weighted by atomic mass is 35.5. The number of tetrazole rings is 1. The highest BCUT2D eigenvalue weighted by molar-refractivity contribution is 7.99. The number of benzene rings is 2. The van der Waals surface area contributed by atoms with E-state index in [2.05, 4.69) is 20.8 Å². The molecule has 0 amide bonds. The van der Waals surface area contributed by atoms with Crippen molar-refractivity contribution in [1.29, 1.82) is 0 Å². The Bertz CT molecular complexity index is 868. The van der Waals surface area contributed by atoms with E-state index in [-0.39, 0.29) is 0 Å². The second-order valence-electron chi connectivity index (χ2n) is 5.91. The van der Waals surface area contributed by atoms with E-state index in [4.69, 9.17) is 27.9 Å². The molecule has 0 aliphatic rings. The van der Waals surface area contributed by atoms with E-state index in [1.165, 1.54) is 0 Å². The molecule has 1 N–H and O–H groups in total. The lowest BCUT2D eigenvalue weighted by molar-refractivity contribution is 0.340. The first-order valence-electron chi connectivity index (χ1n) is 8.97. The van der Waals surface area contributed by atoms with Crippen LogP contribution in [0.3, 0.4) is 0 Å². The topological polar surface area (TPSA) is 64.9 Å². The van der Waals surface area contributed by atoms with Crippen LogP contribution in [0.5, 0.6) is 5.75 Å². The Hall–Kier alpha value is -1.80. The second kappa shape index (κ2) is 10.7. The molecule has 1 heterocycles. The third kappa shape index (κ3) is 5.61. The molecule has 0 aliphatic carbocycles. The number of halogens is 2. The predicted octanol–water partition coefficient (Wildman–Crippen LogP) is 4.64. The molecule has 0 atom stereocenters. The van der Waals surface area contributed by atoms with Crippen LogP contribution in [0.15, 0.2) is 47.6 Å². The lowest BCUT2D eigenvalue weighted by atomic mass is 10.2. The molecule has 0 unspecified atom stereocenters. The van der Waals surface area contributed by atoms with Gasteiger partial charge in [-0.15, -0.1) is 5.10 Å². The van der Waals surface area contributed by atoms with Gasteiger partial charge in [-0.1, -0.05) is 53.2 Å². The maximum Gasteiger partial charge on any atom is 0.214 e. The van der Waals surface area contributed by atoms with Gasteiger partial charge in [-0.25, -0.2) is 0 Å². The summed E-state index contributed by atoms with van der Waals surface area (Å²) in [5.74, 6) is 1.45. The molecule has 6 nitrogen and oxygen atoms in total. The minimum absolute atomic E-state index is 0.530. The minimum Gasteiger partial charge on any atom is -0.491 e. The number of aromatic nitrogens is 4. The highest BCUT2D eigenvalue weighted by Crippen LogP contribution is 2.34. The molecule has 0 radical (unpaired) electrons. The molecule has 0 spiro atoms. The average molecular weight is 438 g/mol. The summed E-state index contributed by atoms with van der Waals surface area (Å²) in [5.41, 5.74) is 1.98. The molecule has 0 bridgehead atoms. The van der Waals surface area contributed by atoms with Crippen molar-refractivity contribution < 1.29 is 4.74 Å². The zero-order chi connectivity index (χ0) is 19.8. The molecule has 2 aromatic carbocycles. The predicted molar refractivity (Wildman–Crippen MR) is 114 cm³/mol. The molecule has 0 saturated carbocycles. The molecule has 3 rings (SSSR count). The first-order chi connectivity index (χ1) is 13.7. The van der Waals surface area contributed by atoms with Crippen LogP contribution in [-0.2, 0) is 6.54 Å². The van der Waals surface area contributed by atoms with E-state index < -0.39 is 0 Å². The average Bonchev–Trinajstić information content (AvgIpc) is 3.16. The molecule has 9 heteroatoms. The molecule has 0 aliphatic heterocycles. The first-order valence-corrected chi connectivity index (χ1v) is 10.7. The van der Waals surface area contributed by atoms with Gasteiger partial charge >= 0.3 is 0 Å². The SMILES string of the molecule is CCOc1c(Cl)cc(CNCCCSc2nnnn2-c2ccccc2)cc1Cl. The van der Waals surface area contributed by atoms with Crippen molar-refractivity contribution in [2.24, 2.45) is 0 Å². The van der Waals surface area contributed by atoms with Crippen molar-refractivity contribution in [3.63, 3.8) is 0 Å². The van der Waals surface area contributed by atoms with Crippen LogP contribution in [0.1, 0.15) is 18.9 Å². The van der Waals surface area contributed by atoms with Crippen LogP contribution in [0.4, 0.5) is 0 Å². The summed E-state index contributed by atoms with van der Waals surface area (Å²) in [6, 6.07) is 13.6. The normalized spacial score (nSPS) is 11.0. The summed E-state index contributed by atoms with van der Waals surface area (Å²) in [7, 11) is 0. The number of nitrogens with zero attached hydrogens (tertiary/aromatic N) is 4. The number of ether oxygens (including phenoxy) is 1. The van der Waals surface area contributed by atoms with E-state index in [0.29, 0.717) is 28.9 Å². The van der Waals surface area contributed by atoms with E-state index in [0.717, 1.165) is 35.1 Å². The zero-order valence-corrected chi connectivity index (χ0v) is 17.8. The fraction of sp³-hybridized carbons (Fsp3) is 0.316. The Morgan fingerprint density at radius 1 is 1.14 bits per heavy atom. The van der Waals surface area contributed by atoms with Crippen LogP contribution < -0.4 is 10.1 Å². The van der Waals surface area contributed by atoms with Crippen LogP contribution in [0.25, 0.3) is 5.69 Å². The third-order valence-electron chi connectivity index (χ3n) is 3.85. The summed E-state index contributed by atoms with van der Waals surface area (Å²) in [4.78, 5) is 0. The summed E-state index contributed by atoms with van der Waals surface area (Å²) < 4.78 is 7.20. The number of para-hydroxylation sites is 1. The largest absolute Gasteiger partial charge is 0.491 e. The van der Waals surface area contributed by atoms with Crippen LogP contribution in [0.2, 0.25) is 10.0 Å². The van der Waals surface area contributed by atoms with E-state index in [1.807, 2.05) is 49.4 Å². The smallest absolute Gasteiger partial charge is 0.214 e. The Kier molecular flexibility index (Phi) is 7.97. The number of thioether (sulfide) groups is 1. The van der Waals surface area contributed by atoms with Crippen LogP contribution in [-0.4, -0.2) is 39.1 Å². The van der Waals surface area contributed by atoms with Crippen molar-refractivity contribution in [3.8, 4) is 11.4 Å². The monoisotopic (exact) mass is 437 g/mol. The zero-order valence-electron chi connectivity index (χ0n) is 15.4. The Labute approximate surface area is 178 Å². The summed E-state index contributed by atoms with van der Waals surface area (Å²) in [5, 5.41) is 17.2. The van der Waals surface area contributed by atoms with Crippen LogP contribution in [0, 0.1) is 0 Å². The molecular weight excluding hydrogens is 417 g/mol. The standard InChI is InChI=1S/C19H21Cl2N5OS/c1-2-27-18-16(20)11-14(12-17(18)21)13-22-9-6-10-28-19-23-24-25-26(19)15-7-4-3-5-8-15/h3-5,7-8,11-12,22H,2,6,9-10,13H2,1H3. The maximum atomic E-state index is 6.24. The fourth-order valence-electron chi connectivity index (χ4n) is 2.59. The van der Waals surface area contributed by atoms with E-state index in [9.17, 15) is 0 Å². The molecule has 3 aromatic rings. The molecule has 1 aromatic heterocycles. The van der Waals surface area contributed by atoms with Crippen LogP contribution >= 0.6 is 35.0 Å². The first kappa shape index (κ1) is 20.9. The quantitative estimate of drug-likeness (QED) is 0.368. The van der Waals surface area contributed by atoms with Crippen molar-refractivity contribution >= 4 is 35.0 Å². The van der Waals surface area contributed by atoms with Gasteiger partial charge in [-0.05, 0) is 60.1 Å². The van der Waals surface area contributed by atoms with Gasteiger partial charge in [0.15, 0.2) is 5.75 Å².